The van der Waals surface area contributed by atoms with Crippen molar-refractivity contribution in [3.05, 3.63) is 29.6 Å². The van der Waals surface area contributed by atoms with E-state index >= 15 is 0 Å². The first-order valence-electron chi connectivity index (χ1n) is 6.29. The van der Waals surface area contributed by atoms with Crippen molar-refractivity contribution in [2.45, 2.75) is 10.8 Å². The van der Waals surface area contributed by atoms with E-state index in [1.54, 1.807) is 0 Å². The monoisotopic (exact) mass is 339 g/mol. The number of sulfonamides is 1. The minimum absolute atomic E-state index is 0.0166. The van der Waals surface area contributed by atoms with Gasteiger partial charge in [-0.1, -0.05) is 6.07 Å². The largest absolute Gasteiger partial charge is 0.383 e. The maximum atomic E-state index is 13.4. The molecule has 0 bridgehead atoms. The van der Waals surface area contributed by atoms with E-state index in [0.717, 1.165) is 6.07 Å². The lowest BCUT2D eigenvalue weighted by Crippen LogP contribution is -2.37. The molecule has 0 saturated carbocycles. The van der Waals surface area contributed by atoms with Crippen LogP contribution >= 0.6 is 11.6 Å². The van der Waals surface area contributed by atoms with Crippen LogP contribution in [0.25, 0.3) is 0 Å². The molecule has 0 aliphatic carbocycles. The van der Waals surface area contributed by atoms with Crippen molar-refractivity contribution in [1.29, 1.82) is 0 Å². The topological polar surface area (TPSA) is 55.8 Å². The summed E-state index contributed by atoms with van der Waals surface area (Å²) in [6.07, 6.45) is 0. The SMILES string of the molecule is COCCN(CCOC)S(=O)(=O)c1cc(F)ccc1CCl. The molecule has 0 atom stereocenters. The lowest BCUT2D eigenvalue weighted by molar-refractivity contribution is 0.150. The van der Waals surface area contributed by atoms with Gasteiger partial charge in [0, 0.05) is 33.2 Å². The van der Waals surface area contributed by atoms with Gasteiger partial charge in [0.15, 0.2) is 0 Å². The van der Waals surface area contributed by atoms with Gasteiger partial charge in [-0.05, 0) is 17.7 Å². The molecule has 1 aromatic rings. The molecule has 1 aromatic carbocycles. The fourth-order valence-corrected chi connectivity index (χ4v) is 3.71. The molecule has 8 heteroatoms. The van der Waals surface area contributed by atoms with Crippen molar-refractivity contribution in [1.82, 2.24) is 4.31 Å². The molecule has 0 spiro atoms. The third-order valence-corrected chi connectivity index (χ3v) is 5.15. The third-order valence-electron chi connectivity index (χ3n) is 2.88. The normalized spacial score (nSPS) is 12.0. The van der Waals surface area contributed by atoms with Crippen LogP contribution in [0.1, 0.15) is 5.56 Å². The molecule has 0 radical (unpaired) electrons. The van der Waals surface area contributed by atoms with Gasteiger partial charge in [0.25, 0.3) is 0 Å². The van der Waals surface area contributed by atoms with Gasteiger partial charge >= 0.3 is 0 Å². The molecule has 0 saturated heterocycles. The summed E-state index contributed by atoms with van der Waals surface area (Å²) in [6, 6.07) is 3.55. The molecule has 0 aromatic heterocycles. The maximum Gasteiger partial charge on any atom is 0.243 e. The van der Waals surface area contributed by atoms with E-state index in [9.17, 15) is 12.8 Å². The van der Waals surface area contributed by atoms with Crippen molar-refractivity contribution in [2.75, 3.05) is 40.5 Å². The van der Waals surface area contributed by atoms with Gasteiger partial charge in [-0.2, -0.15) is 4.31 Å². The number of hydrogen-bond donors (Lipinski definition) is 0. The predicted molar refractivity (Wildman–Crippen MR) is 78.5 cm³/mol. The Morgan fingerprint density at radius 2 is 1.76 bits per heavy atom. The molecule has 0 heterocycles. The van der Waals surface area contributed by atoms with E-state index in [1.165, 1.54) is 30.7 Å². The Balaban J connectivity index is 3.17. The van der Waals surface area contributed by atoms with Crippen LogP contribution in [0.15, 0.2) is 23.1 Å². The maximum absolute atomic E-state index is 13.4. The Kier molecular flexibility index (Phi) is 7.55. The highest BCUT2D eigenvalue weighted by Gasteiger charge is 2.26. The van der Waals surface area contributed by atoms with Crippen LogP contribution in [0.4, 0.5) is 4.39 Å². The smallest absolute Gasteiger partial charge is 0.243 e. The van der Waals surface area contributed by atoms with E-state index in [0.29, 0.717) is 5.56 Å². The van der Waals surface area contributed by atoms with Gasteiger partial charge in [-0.15, -0.1) is 11.6 Å². The number of benzene rings is 1. The Morgan fingerprint density at radius 1 is 1.19 bits per heavy atom. The van der Waals surface area contributed by atoms with Gasteiger partial charge in [0.2, 0.25) is 10.0 Å². The molecule has 21 heavy (non-hydrogen) atoms. The zero-order chi connectivity index (χ0) is 15.9. The summed E-state index contributed by atoms with van der Waals surface area (Å²) in [7, 11) is -0.903. The summed E-state index contributed by atoms with van der Waals surface area (Å²) >= 11 is 5.75. The average molecular weight is 340 g/mol. The number of ether oxygens (including phenoxy) is 2. The molecule has 0 amide bonds. The lowest BCUT2D eigenvalue weighted by Gasteiger charge is -2.22. The number of hydrogen-bond acceptors (Lipinski definition) is 4. The molecule has 0 unspecified atom stereocenters. The average Bonchev–Trinajstić information content (AvgIpc) is 2.47. The fourth-order valence-electron chi connectivity index (χ4n) is 1.76. The fraction of sp³-hybridized carbons (Fsp3) is 0.538. The molecule has 120 valence electrons. The first kappa shape index (κ1) is 18.3. The summed E-state index contributed by atoms with van der Waals surface area (Å²) in [5.74, 6) is -0.641. The zero-order valence-electron chi connectivity index (χ0n) is 12.0. The van der Waals surface area contributed by atoms with E-state index in [4.69, 9.17) is 21.1 Å². The molecule has 1 rings (SSSR count). The van der Waals surface area contributed by atoms with Crippen molar-refractivity contribution in [3.63, 3.8) is 0 Å². The van der Waals surface area contributed by atoms with E-state index in [-0.39, 0.29) is 37.1 Å². The Morgan fingerprint density at radius 3 is 2.24 bits per heavy atom. The van der Waals surface area contributed by atoms with Crippen LogP contribution in [0.3, 0.4) is 0 Å². The highest BCUT2D eigenvalue weighted by molar-refractivity contribution is 7.89. The van der Waals surface area contributed by atoms with Gasteiger partial charge in [0.05, 0.1) is 18.1 Å². The van der Waals surface area contributed by atoms with Crippen LogP contribution in [0.5, 0.6) is 0 Å². The quantitative estimate of drug-likeness (QED) is 0.644. The van der Waals surface area contributed by atoms with Crippen molar-refractivity contribution in [3.8, 4) is 0 Å². The summed E-state index contributed by atoms with van der Waals surface area (Å²) in [5, 5.41) is 0. The Labute approximate surface area is 129 Å². The third kappa shape index (κ3) is 4.89. The van der Waals surface area contributed by atoms with E-state index < -0.39 is 15.8 Å². The van der Waals surface area contributed by atoms with Gasteiger partial charge in [-0.3, -0.25) is 0 Å². The minimum Gasteiger partial charge on any atom is -0.383 e. The molecular weight excluding hydrogens is 321 g/mol. The number of alkyl halides is 1. The summed E-state index contributed by atoms with van der Waals surface area (Å²) < 4.78 is 49.8. The first-order chi connectivity index (χ1) is 9.97. The Hall–Kier alpha value is -0.730. The molecule has 0 aliphatic rings. The highest BCUT2D eigenvalue weighted by atomic mass is 35.5. The molecule has 0 fully saturated rings. The van der Waals surface area contributed by atoms with Crippen LogP contribution in [-0.4, -0.2) is 53.2 Å². The van der Waals surface area contributed by atoms with Crippen LogP contribution < -0.4 is 0 Å². The summed E-state index contributed by atoms with van der Waals surface area (Å²) in [5.41, 5.74) is 0.359. The van der Waals surface area contributed by atoms with Crippen molar-refractivity contribution in [2.24, 2.45) is 0 Å². The van der Waals surface area contributed by atoms with E-state index in [2.05, 4.69) is 0 Å². The molecule has 0 N–H and O–H groups in total. The second kappa shape index (κ2) is 8.65. The van der Waals surface area contributed by atoms with Gasteiger partial charge < -0.3 is 9.47 Å². The number of halogens is 2. The van der Waals surface area contributed by atoms with Crippen molar-refractivity contribution < 1.29 is 22.3 Å². The van der Waals surface area contributed by atoms with Crippen molar-refractivity contribution >= 4 is 21.6 Å². The number of nitrogens with zero attached hydrogens (tertiary/aromatic N) is 1. The Bertz CT molecular complexity index is 545. The minimum atomic E-state index is -3.86. The second-order valence-corrected chi connectivity index (χ2v) is 6.45. The molecular formula is C13H19ClFNO4S. The molecule has 5 nitrogen and oxygen atoms in total. The summed E-state index contributed by atoms with van der Waals surface area (Å²) in [6.45, 7) is 0.768. The second-order valence-electron chi connectivity index (χ2n) is 4.28. The van der Waals surface area contributed by atoms with Gasteiger partial charge in [0.1, 0.15) is 5.82 Å². The number of methoxy groups -OCH3 is 2. The highest BCUT2D eigenvalue weighted by Crippen LogP contribution is 2.23. The van der Waals surface area contributed by atoms with Crippen LogP contribution in [-0.2, 0) is 25.4 Å². The summed E-state index contributed by atoms with van der Waals surface area (Å²) in [4.78, 5) is -0.121. The zero-order valence-corrected chi connectivity index (χ0v) is 13.6. The van der Waals surface area contributed by atoms with E-state index in [1.807, 2.05) is 0 Å². The first-order valence-corrected chi connectivity index (χ1v) is 8.27. The van der Waals surface area contributed by atoms with Crippen LogP contribution in [0, 0.1) is 5.82 Å². The standard InChI is InChI=1S/C13H19ClFNO4S/c1-19-7-5-16(6-8-20-2)21(17,18)13-9-12(15)4-3-11(13)10-14/h3-4,9H,5-8,10H2,1-2H3. The molecule has 0 aliphatic heterocycles. The van der Waals surface area contributed by atoms with Crippen LogP contribution in [0.2, 0.25) is 0 Å². The number of rotatable bonds is 9. The van der Waals surface area contributed by atoms with Gasteiger partial charge in [-0.25, -0.2) is 12.8 Å². The lowest BCUT2D eigenvalue weighted by atomic mass is 10.2. The predicted octanol–water partition coefficient (Wildman–Crippen LogP) is 1.85.